The van der Waals surface area contributed by atoms with Gasteiger partial charge in [-0.25, -0.2) is 0 Å². The van der Waals surface area contributed by atoms with Gasteiger partial charge in [-0.1, -0.05) is 17.7 Å². The van der Waals surface area contributed by atoms with Crippen molar-refractivity contribution in [1.82, 2.24) is 0 Å². The van der Waals surface area contributed by atoms with E-state index in [1.807, 2.05) is 46.8 Å². The third kappa shape index (κ3) is 3.15. The zero-order valence-electron chi connectivity index (χ0n) is 13.3. The Bertz CT molecular complexity index is 547. The minimum absolute atomic E-state index is 0.170. The molecule has 1 saturated heterocycles. The number of aromatic hydroxyl groups is 1. The zero-order chi connectivity index (χ0) is 15.8. The van der Waals surface area contributed by atoms with Gasteiger partial charge in [0, 0.05) is 5.56 Å². The summed E-state index contributed by atoms with van der Waals surface area (Å²) in [6.07, 6.45) is 1.73. The number of hydrogen-bond donors (Lipinski definition) is 2. The molecule has 0 aliphatic carbocycles. The summed E-state index contributed by atoms with van der Waals surface area (Å²) in [4.78, 5) is 0. The number of phenolic OH excluding ortho intramolecular Hbond substituents is 1. The lowest BCUT2D eigenvalue weighted by molar-refractivity contribution is 0.00578. The van der Waals surface area contributed by atoms with Crippen molar-refractivity contribution in [2.24, 2.45) is 0 Å². The molecule has 0 atom stereocenters. The molecule has 1 fully saturated rings. The molecular formula is C16H23BO4. The first-order chi connectivity index (χ1) is 9.66. The van der Waals surface area contributed by atoms with E-state index in [4.69, 9.17) is 9.31 Å². The standard InChI is InChI=1S/C16H23BO4/c1-11-6-7-14(19)12(8-11)9-13(10-18)17-20-15(2,3)16(4,5)21-17/h6-9,18-19H,10H2,1-5H3. The highest BCUT2D eigenvalue weighted by atomic mass is 16.7. The van der Waals surface area contributed by atoms with Gasteiger partial charge in [-0.3, -0.25) is 0 Å². The van der Waals surface area contributed by atoms with Gasteiger partial charge in [-0.15, -0.1) is 0 Å². The number of aryl methyl sites for hydroxylation is 1. The predicted octanol–water partition coefficient (Wildman–Crippen LogP) is 2.71. The van der Waals surface area contributed by atoms with Gasteiger partial charge in [-0.05, 0) is 52.2 Å². The number of rotatable bonds is 3. The predicted molar refractivity (Wildman–Crippen MR) is 84.0 cm³/mol. The van der Waals surface area contributed by atoms with Gasteiger partial charge in [0.2, 0.25) is 0 Å². The van der Waals surface area contributed by atoms with Gasteiger partial charge in [0.05, 0.1) is 17.8 Å². The van der Waals surface area contributed by atoms with Gasteiger partial charge in [0.1, 0.15) is 5.75 Å². The first-order valence-corrected chi connectivity index (χ1v) is 7.13. The van der Waals surface area contributed by atoms with E-state index in [0.29, 0.717) is 11.0 Å². The van der Waals surface area contributed by atoms with Crippen LogP contribution in [0.5, 0.6) is 5.75 Å². The Hall–Kier alpha value is -1.30. The Morgan fingerprint density at radius 3 is 2.29 bits per heavy atom. The van der Waals surface area contributed by atoms with E-state index in [0.717, 1.165) is 5.56 Å². The van der Waals surface area contributed by atoms with Crippen LogP contribution in [0.25, 0.3) is 6.08 Å². The van der Waals surface area contributed by atoms with Crippen LogP contribution >= 0.6 is 0 Å². The second-order valence-corrected chi connectivity index (χ2v) is 6.53. The fraction of sp³-hybridized carbons (Fsp3) is 0.500. The van der Waals surface area contributed by atoms with Crippen molar-refractivity contribution in [2.45, 2.75) is 45.8 Å². The summed E-state index contributed by atoms with van der Waals surface area (Å²) in [5.41, 5.74) is 1.36. The highest BCUT2D eigenvalue weighted by Gasteiger charge is 2.52. The van der Waals surface area contributed by atoms with E-state index in [2.05, 4.69) is 0 Å². The van der Waals surface area contributed by atoms with Crippen molar-refractivity contribution in [3.8, 4) is 5.75 Å². The third-order valence-corrected chi connectivity index (χ3v) is 4.26. The molecule has 0 amide bonds. The Morgan fingerprint density at radius 1 is 1.19 bits per heavy atom. The molecule has 0 bridgehead atoms. The fourth-order valence-corrected chi connectivity index (χ4v) is 2.17. The molecule has 0 spiro atoms. The van der Waals surface area contributed by atoms with E-state index in [-0.39, 0.29) is 12.4 Å². The van der Waals surface area contributed by atoms with E-state index in [1.54, 1.807) is 12.1 Å². The number of benzene rings is 1. The molecular weight excluding hydrogens is 267 g/mol. The zero-order valence-corrected chi connectivity index (χ0v) is 13.3. The molecule has 0 radical (unpaired) electrons. The molecule has 21 heavy (non-hydrogen) atoms. The van der Waals surface area contributed by atoms with E-state index >= 15 is 0 Å². The van der Waals surface area contributed by atoms with Gasteiger partial charge in [0.25, 0.3) is 0 Å². The van der Waals surface area contributed by atoms with Crippen molar-refractivity contribution >= 4 is 13.2 Å². The normalized spacial score (nSPS) is 20.9. The second kappa shape index (κ2) is 5.48. The molecule has 1 aliphatic heterocycles. The quantitative estimate of drug-likeness (QED) is 0.840. The molecule has 1 aromatic rings. The van der Waals surface area contributed by atoms with Crippen LogP contribution in [0.3, 0.4) is 0 Å². The van der Waals surface area contributed by atoms with Crippen molar-refractivity contribution in [2.75, 3.05) is 6.61 Å². The molecule has 2 N–H and O–H groups in total. The van der Waals surface area contributed by atoms with Crippen LogP contribution in [0.15, 0.2) is 23.7 Å². The maximum Gasteiger partial charge on any atom is 0.492 e. The smallest absolute Gasteiger partial charge is 0.492 e. The maximum atomic E-state index is 9.92. The van der Waals surface area contributed by atoms with Crippen LogP contribution in [0.2, 0.25) is 0 Å². The van der Waals surface area contributed by atoms with Crippen LogP contribution in [0.4, 0.5) is 0 Å². The summed E-state index contributed by atoms with van der Waals surface area (Å²) < 4.78 is 11.9. The molecule has 0 saturated carbocycles. The van der Waals surface area contributed by atoms with Gasteiger partial charge in [-0.2, -0.15) is 0 Å². The highest BCUT2D eigenvalue weighted by molar-refractivity contribution is 6.55. The molecule has 0 aromatic heterocycles. The average molecular weight is 290 g/mol. The first-order valence-electron chi connectivity index (χ1n) is 7.13. The van der Waals surface area contributed by atoms with Crippen LogP contribution in [0.1, 0.15) is 38.8 Å². The summed E-state index contributed by atoms with van der Waals surface area (Å²) in [7, 11) is -0.611. The summed E-state index contributed by atoms with van der Waals surface area (Å²) in [5.74, 6) is 0.170. The van der Waals surface area contributed by atoms with Gasteiger partial charge >= 0.3 is 7.12 Å². The molecule has 1 heterocycles. The summed E-state index contributed by atoms with van der Waals surface area (Å²) in [6.45, 7) is 9.62. The maximum absolute atomic E-state index is 9.92. The van der Waals surface area contributed by atoms with Crippen molar-refractivity contribution in [1.29, 1.82) is 0 Å². The van der Waals surface area contributed by atoms with Crippen molar-refractivity contribution in [3.05, 3.63) is 34.8 Å². The number of aliphatic hydroxyl groups is 1. The number of phenols is 1. The monoisotopic (exact) mass is 290 g/mol. The Morgan fingerprint density at radius 2 is 1.76 bits per heavy atom. The molecule has 2 rings (SSSR count). The fourth-order valence-electron chi connectivity index (χ4n) is 2.17. The van der Waals surface area contributed by atoms with Crippen molar-refractivity contribution < 1.29 is 19.5 Å². The highest BCUT2D eigenvalue weighted by Crippen LogP contribution is 2.39. The third-order valence-electron chi connectivity index (χ3n) is 4.26. The Kier molecular flexibility index (Phi) is 4.20. The van der Waals surface area contributed by atoms with Crippen LogP contribution in [-0.4, -0.2) is 35.1 Å². The summed E-state index contributed by atoms with van der Waals surface area (Å²) in [6, 6.07) is 5.33. The van der Waals surface area contributed by atoms with E-state index < -0.39 is 18.3 Å². The second-order valence-electron chi connectivity index (χ2n) is 6.53. The molecule has 1 aromatic carbocycles. The summed E-state index contributed by atoms with van der Waals surface area (Å²) in [5, 5.41) is 19.6. The number of hydrogen-bond acceptors (Lipinski definition) is 4. The largest absolute Gasteiger partial charge is 0.507 e. The SMILES string of the molecule is Cc1ccc(O)c(C=C(CO)B2OC(C)(C)C(C)(C)O2)c1. The molecule has 0 unspecified atom stereocenters. The lowest BCUT2D eigenvalue weighted by atomic mass is 9.77. The minimum Gasteiger partial charge on any atom is -0.507 e. The minimum atomic E-state index is -0.611. The van der Waals surface area contributed by atoms with Crippen LogP contribution < -0.4 is 0 Å². The number of aliphatic hydroxyl groups excluding tert-OH is 1. The van der Waals surface area contributed by atoms with E-state index in [9.17, 15) is 10.2 Å². The Labute approximate surface area is 126 Å². The molecule has 4 nitrogen and oxygen atoms in total. The average Bonchev–Trinajstić information content (AvgIpc) is 2.59. The van der Waals surface area contributed by atoms with E-state index in [1.165, 1.54) is 0 Å². The lowest BCUT2D eigenvalue weighted by Gasteiger charge is -2.32. The van der Waals surface area contributed by atoms with Gasteiger partial charge < -0.3 is 19.5 Å². The van der Waals surface area contributed by atoms with Crippen molar-refractivity contribution in [3.63, 3.8) is 0 Å². The summed E-state index contributed by atoms with van der Waals surface area (Å²) >= 11 is 0. The lowest BCUT2D eigenvalue weighted by Crippen LogP contribution is -2.41. The Balaban J connectivity index is 2.33. The first kappa shape index (κ1) is 16.1. The van der Waals surface area contributed by atoms with Crippen LogP contribution in [0, 0.1) is 6.92 Å². The molecule has 1 aliphatic rings. The van der Waals surface area contributed by atoms with Gasteiger partial charge in [0.15, 0.2) is 0 Å². The van der Waals surface area contributed by atoms with Crippen LogP contribution in [-0.2, 0) is 9.31 Å². The molecule has 114 valence electrons. The topological polar surface area (TPSA) is 58.9 Å². The molecule has 5 heteroatoms.